The smallest absolute Gasteiger partial charge is 0.338 e. The van der Waals surface area contributed by atoms with Crippen LogP contribution in [0.15, 0.2) is 22.7 Å². The zero-order chi connectivity index (χ0) is 15.5. The van der Waals surface area contributed by atoms with E-state index < -0.39 is 18.5 Å². The van der Waals surface area contributed by atoms with Gasteiger partial charge in [0.15, 0.2) is 5.82 Å². The van der Waals surface area contributed by atoms with Crippen LogP contribution >= 0.6 is 11.6 Å². The highest BCUT2D eigenvalue weighted by atomic mass is 35.5. The monoisotopic (exact) mass is 323 g/mol. The third kappa shape index (κ3) is 4.68. The van der Waals surface area contributed by atoms with Gasteiger partial charge < -0.3 is 9.84 Å². The number of nitrogens with one attached hydrogen (secondary N) is 1. The van der Waals surface area contributed by atoms with Crippen LogP contribution in [0.2, 0.25) is 5.02 Å². The van der Waals surface area contributed by atoms with E-state index in [-0.39, 0.29) is 35.3 Å². The van der Waals surface area contributed by atoms with E-state index in [4.69, 9.17) is 16.1 Å². The maximum atomic E-state index is 13.6. The van der Waals surface area contributed by atoms with Crippen LogP contribution in [0.4, 0.5) is 17.6 Å². The first kappa shape index (κ1) is 15.7. The number of rotatable bonds is 5. The molecule has 0 saturated carbocycles. The van der Waals surface area contributed by atoms with Gasteiger partial charge in [0, 0.05) is 17.0 Å². The highest BCUT2D eigenvalue weighted by molar-refractivity contribution is 6.31. The van der Waals surface area contributed by atoms with Gasteiger partial charge in [-0.2, -0.15) is 18.2 Å². The molecule has 0 fully saturated rings. The Labute approximate surface area is 122 Å². The summed E-state index contributed by atoms with van der Waals surface area (Å²) in [5.41, 5.74) is 0.203. The molecule has 0 radical (unpaired) electrons. The molecule has 2 rings (SSSR count). The molecule has 1 aromatic carbocycles. The van der Waals surface area contributed by atoms with Gasteiger partial charge in [-0.05, 0) is 12.1 Å². The van der Waals surface area contributed by atoms with E-state index in [0.717, 1.165) is 0 Å². The van der Waals surface area contributed by atoms with Gasteiger partial charge in [0.1, 0.15) is 5.82 Å². The van der Waals surface area contributed by atoms with Crippen molar-refractivity contribution in [2.24, 2.45) is 0 Å². The molecule has 1 N–H and O–H groups in total. The van der Waals surface area contributed by atoms with Crippen molar-refractivity contribution in [2.45, 2.75) is 19.1 Å². The third-order valence-corrected chi connectivity index (χ3v) is 2.86. The lowest BCUT2D eigenvalue weighted by Crippen LogP contribution is -2.28. The zero-order valence-electron chi connectivity index (χ0n) is 10.5. The second-order valence-electron chi connectivity index (χ2n) is 4.20. The van der Waals surface area contributed by atoms with Gasteiger partial charge in [0.25, 0.3) is 0 Å². The number of nitrogens with zero attached hydrogens (tertiary/aromatic N) is 2. The lowest BCUT2D eigenvalue weighted by atomic mass is 10.1. The van der Waals surface area contributed by atoms with E-state index in [1.807, 2.05) is 0 Å². The summed E-state index contributed by atoms with van der Waals surface area (Å²) >= 11 is 5.86. The van der Waals surface area contributed by atoms with Crippen LogP contribution in [0, 0.1) is 5.82 Å². The van der Waals surface area contributed by atoms with Crippen LogP contribution in [0.1, 0.15) is 17.3 Å². The molecular weight excluding hydrogens is 314 g/mol. The first-order valence-corrected chi connectivity index (χ1v) is 6.25. The van der Waals surface area contributed by atoms with E-state index >= 15 is 0 Å². The van der Waals surface area contributed by atoms with Gasteiger partial charge >= 0.3 is 6.18 Å². The molecule has 1 heterocycles. The Hall–Kier alpha value is -1.67. The molecule has 0 saturated heterocycles. The van der Waals surface area contributed by atoms with Gasteiger partial charge in [-0.3, -0.25) is 0 Å². The molecule has 0 spiro atoms. The number of alkyl halides is 3. The minimum Gasteiger partial charge on any atom is -0.338 e. The van der Waals surface area contributed by atoms with Crippen LogP contribution < -0.4 is 5.32 Å². The third-order valence-electron chi connectivity index (χ3n) is 2.51. The largest absolute Gasteiger partial charge is 0.401 e. The van der Waals surface area contributed by atoms with E-state index in [2.05, 4.69) is 15.5 Å². The minimum atomic E-state index is -4.32. The van der Waals surface area contributed by atoms with Gasteiger partial charge in [-0.25, -0.2) is 4.39 Å². The predicted molar refractivity (Wildman–Crippen MR) is 66.3 cm³/mol. The number of halogens is 5. The van der Waals surface area contributed by atoms with Crippen molar-refractivity contribution in [1.29, 1.82) is 0 Å². The molecule has 0 amide bonds. The molecule has 1 aromatic heterocycles. The highest BCUT2D eigenvalue weighted by Gasteiger charge is 2.26. The summed E-state index contributed by atoms with van der Waals surface area (Å²) in [5.74, 6) is -0.378. The van der Waals surface area contributed by atoms with Crippen LogP contribution in [0.25, 0.3) is 0 Å². The summed E-state index contributed by atoms with van der Waals surface area (Å²) in [7, 11) is 0. The molecule has 0 aliphatic carbocycles. The molecule has 114 valence electrons. The Morgan fingerprint density at radius 1 is 1.29 bits per heavy atom. The van der Waals surface area contributed by atoms with Crippen molar-refractivity contribution in [2.75, 3.05) is 6.54 Å². The van der Waals surface area contributed by atoms with E-state index in [9.17, 15) is 17.6 Å². The van der Waals surface area contributed by atoms with Gasteiger partial charge in [-0.1, -0.05) is 22.8 Å². The second-order valence-corrected chi connectivity index (χ2v) is 4.61. The summed E-state index contributed by atoms with van der Waals surface area (Å²) in [6.07, 6.45) is -4.32. The van der Waals surface area contributed by atoms with Gasteiger partial charge in [0.2, 0.25) is 5.89 Å². The Morgan fingerprint density at radius 3 is 2.71 bits per heavy atom. The molecule has 0 bridgehead atoms. The quantitative estimate of drug-likeness (QED) is 0.859. The molecule has 0 atom stereocenters. The van der Waals surface area contributed by atoms with E-state index in [1.54, 1.807) is 0 Å². The molecule has 2 aromatic rings. The molecule has 0 aliphatic heterocycles. The molecule has 4 nitrogen and oxygen atoms in total. The van der Waals surface area contributed by atoms with E-state index in [1.165, 1.54) is 18.2 Å². The SMILES string of the molecule is Fc1cccc(Cl)c1Cc1noc(CNCC(F)(F)F)n1. The maximum absolute atomic E-state index is 13.6. The minimum absolute atomic E-state index is 0.00568. The highest BCUT2D eigenvalue weighted by Crippen LogP contribution is 2.21. The normalized spacial score (nSPS) is 11.9. The Kier molecular flexibility index (Phi) is 4.79. The van der Waals surface area contributed by atoms with E-state index in [0.29, 0.717) is 0 Å². The maximum Gasteiger partial charge on any atom is 0.401 e. The summed E-state index contributed by atoms with van der Waals surface area (Å²) in [5, 5.41) is 5.92. The van der Waals surface area contributed by atoms with Crippen molar-refractivity contribution in [3.63, 3.8) is 0 Å². The molecule has 0 unspecified atom stereocenters. The number of aromatic nitrogens is 2. The fourth-order valence-corrected chi connectivity index (χ4v) is 1.83. The standard InChI is InChI=1S/C12H10ClF4N3O/c13-8-2-1-3-9(14)7(8)4-10-19-11(21-20-10)5-18-6-12(15,16)17/h1-3,18H,4-6H2. The lowest BCUT2D eigenvalue weighted by molar-refractivity contribution is -0.125. The number of benzene rings is 1. The number of hydrogen-bond acceptors (Lipinski definition) is 4. The molecule has 21 heavy (non-hydrogen) atoms. The molecule has 9 heteroatoms. The lowest BCUT2D eigenvalue weighted by Gasteiger charge is -2.05. The summed E-state index contributed by atoms with van der Waals surface area (Å²) in [6, 6.07) is 4.23. The van der Waals surface area contributed by atoms with Crippen molar-refractivity contribution in [3.8, 4) is 0 Å². The van der Waals surface area contributed by atoms with Crippen molar-refractivity contribution >= 4 is 11.6 Å². The average Bonchev–Trinajstić information content (AvgIpc) is 2.80. The van der Waals surface area contributed by atoms with Gasteiger partial charge in [0.05, 0.1) is 13.1 Å². The van der Waals surface area contributed by atoms with Crippen LogP contribution in [-0.4, -0.2) is 22.9 Å². The van der Waals surface area contributed by atoms with Crippen molar-refractivity contribution < 1.29 is 22.1 Å². The Morgan fingerprint density at radius 2 is 2.05 bits per heavy atom. The molecule has 0 aliphatic rings. The van der Waals surface area contributed by atoms with Gasteiger partial charge in [-0.15, -0.1) is 0 Å². The van der Waals surface area contributed by atoms with Crippen molar-refractivity contribution in [3.05, 3.63) is 46.3 Å². The topological polar surface area (TPSA) is 51.0 Å². The predicted octanol–water partition coefficient (Wildman–Crippen LogP) is 3.10. The van der Waals surface area contributed by atoms with Crippen LogP contribution in [-0.2, 0) is 13.0 Å². The number of hydrogen-bond donors (Lipinski definition) is 1. The van der Waals surface area contributed by atoms with Crippen LogP contribution in [0.3, 0.4) is 0 Å². The summed E-state index contributed by atoms with van der Waals surface area (Å²) < 4.78 is 54.2. The second kappa shape index (κ2) is 6.40. The fourth-order valence-electron chi connectivity index (χ4n) is 1.60. The Balaban J connectivity index is 1.97. The van der Waals surface area contributed by atoms with Crippen molar-refractivity contribution in [1.82, 2.24) is 15.5 Å². The Bertz CT molecular complexity index is 595. The summed E-state index contributed by atoms with van der Waals surface area (Å²) in [6.45, 7) is -1.39. The fraction of sp³-hybridized carbons (Fsp3) is 0.333. The molecular formula is C12H10ClF4N3O. The summed E-state index contributed by atoms with van der Waals surface area (Å²) in [4.78, 5) is 3.87. The van der Waals surface area contributed by atoms with Crippen LogP contribution in [0.5, 0.6) is 0 Å². The first-order valence-electron chi connectivity index (χ1n) is 5.87. The average molecular weight is 324 g/mol. The first-order chi connectivity index (χ1) is 9.85. The zero-order valence-corrected chi connectivity index (χ0v) is 11.3.